The Kier molecular flexibility index (Phi) is 4.92. The Morgan fingerprint density at radius 2 is 2.00 bits per heavy atom. The zero-order valence-corrected chi connectivity index (χ0v) is 12.3. The lowest BCUT2D eigenvalue weighted by Gasteiger charge is -2.14. The van der Waals surface area contributed by atoms with Crippen LogP contribution in [0.2, 0.25) is 0 Å². The van der Waals surface area contributed by atoms with Crippen molar-refractivity contribution in [1.29, 1.82) is 0 Å². The Labute approximate surface area is 123 Å². The summed E-state index contributed by atoms with van der Waals surface area (Å²) in [6.07, 6.45) is 2.32. The Hall–Kier alpha value is -2.37. The summed E-state index contributed by atoms with van der Waals surface area (Å²) in [5.74, 6) is 0.652. The molecule has 0 unspecified atom stereocenters. The van der Waals surface area contributed by atoms with Crippen LogP contribution in [0.25, 0.3) is 11.3 Å². The van der Waals surface area contributed by atoms with E-state index in [1.54, 1.807) is 18.2 Å². The SMILES string of the molecule is CCCNc1ncnc(-c2cccc(OC)c2F)c1OC. The molecule has 1 heterocycles. The Morgan fingerprint density at radius 1 is 1.19 bits per heavy atom. The fourth-order valence-electron chi connectivity index (χ4n) is 1.98. The van der Waals surface area contributed by atoms with Crippen LogP contribution >= 0.6 is 0 Å². The van der Waals surface area contributed by atoms with Crippen molar-refractivity contribution in [2.24, 2.45) is 0 Å². The molecule has 0 radical (unpaired) electrons. The molecule has 0 saturated heterocycles. The van der Waals surface area contributed by atoms with E-state index in [2.05, 4.69) is 15.3 Å². The van der Waals surface area contributed by atoms with Gasteiger partial charge in [0.1, 0.15) is 12.0 Å². The highest BCUT2D eigenvalue weighted by atomic mass is 19.1. The van der Waals surface area contributed by atoms with Crippen molar-refractivity contribution in [3.8, 4) is 22.8 Å². The largest absolute Gasteiger partial charge is 0.494 e. The number of anilines is 1. The molecule has 112 valence electrons. The lowest BCUT2D eigenvalue weighted by Crippen LogP contribution is -2.06. The van der Waals surface area contributed by atoms with Gasteiger partial charge in [0.15, 0.2) is 23.1 Å². The van der Waals surface area contributed by atoms with Crippen LogP contribution in [0.5, 0.6) is 11.5 Å². The fourth-order valence-corrected chi connectivity index (χ4v) is 1.98. The third-order valence-electron chi connectivity index (χ3n) is 2.99. The quantitative estimate of drug-likeness (QED) is 0.886. The first-order valence-corrected chi connectivity index (χ1v) is 6.68. The standard InChI is InChI=1S/C15H18FN3O2/c1-4-8-17-15-14(21-3)13(18-9-19-15)10-6-5-7-11(20-2)12(10)16/h5-7,9H,4,8H2,1-3H3,(H,17,18,19). The van der Waals surface area contributed by atoms with Gasteiger partial charge in [0, 0.05) is 12.1 Å². The maximum Gasteiger partial charge on any atom is 0.187 e. The topological polar surface area (TPSA) is 56.3 Å². The lowest BCUT2D eigenvalue weighted by molar-refractivity contribution is 0.386. The molecule has 0 aliphatic carbocycles. The Bertz CT molecular complexity index is 620. The van der Waals surface area contributed by atoms with E-state index in [0.717, 1.165) is 13.0 Å². The highest BCUT2D eigenvalue weighted by Crippen LogP contribution is 2.36. The van der Waals surface area contributed by atoms with Crippen molar-refractivity contribution in [1.82, 2.24) is 9.97 Å². The summed E-state index contributed by atoms with van der Waals surface area (Å²) in [4.78, 5) is 8.30. The van der Waals surface area contributed by atoms with Crippen molar-refractivity contribution < 1.29 is 13.9 Å². The number of benzene rings is 1. The number of ether oxygens (including phenoxy) is 2. The molecule has 1 aromatic carbocycles. The molecular weight excluding hydrogens is 273 g/mol. The fraction of sp³-hybridized carbons (Fsp3) is 0.333. The Morgan fingerprint density at radius 3 is 2.67 bits per heavy atom. The van der Waals surface area contributed by atoms with Gasteiger partial charge in [-0.2, -0.15) is 0 Å². The van der Waals surface area contributed by atoms with Crippen molar-refractivity contribution >= 4 is 5.82 Å². The second-order valence-electron chi connectivity index (χ2n) is 4.35. The molecule has 0 aliphatic rings. The molecule has 0 bridgehead atoms. The Balaban J connectivity index is 2.53. The molecule has 0 saturated carbocycles. The second kappa shape index (κ2) is 6.88. The van der Waals surface area contributed by atoms with Gasteiger partial charge in [-0.3, -0.25) is 0 Å². The van der Waals surface area contributed by atoms with E-state index in [1.165, 1.54) is 20.5 Å². The highest BCUT2D eigenvalue weighted by molar-refractivity contribution is 5.73. The van der Waals surface area contributed by atoms with Gasteiger partial charge in [0.2, 0.25) is 0 Å². The van der Waals surface area contributed by atoms with Crippen LogP contribution in [0.1, 0.15) is 13.3 Å². The highest BCUT2D eigenvalue weighted by Gasteiger charge is 2.18. The van der Waals surface area contributed by atoms with E-state index in [0.29, 0.717) is 22.8 Å². The van der Waals surface area contributed by atoms with E-state index >= 15 is 0 Å². The van der Waals surface area contributed by atoms with Gasteiger partial charge in [0.25, 0.3) is 0 Å². The first-order valence-electron chi connectivity index (χ1n) is 6.68. The van der Waals surface area contributed by atoms with Crippen LogP contribution in [0.15, 0.2) is 24.5 Å². The monoisotopic (exact) mass is 291 g/mol. The van der Waals surface area contributed by atoms with Crippen LogP contribution in [0.4, 0.5) is 10.2 Å². The molecule has 0 amide bonds. The summed E-state index contributed by atoms with van der Waals surface area (Å²) < 4.78 is 24.8. The van der Waals surface area contributed by atoms with Crippen molar-refractivity contribution in [3.05, 3.63) is 30.3 Å². The third-order valence-corrected chi connectivity index (χ3v) is 2.99. The summed E-state index contributed by atoms with van der Waals surface area (Å²) in [5, 5.41) is 3.14. The molecule has 2 aromatic rings. The number of methoxy groups -OCH3 is 2. The van der Waals surface area contributed by atoms with E-state index in [1.807, 2.05) is 6.92 Å². The predicted octanol–water partition coefficient (Wildman–Crippen LogP) is 3.12. The zero-order valence-electron chi connectivity index (χ0n) is 12.3. The minimum absolute atomic E-state index is 0.163. The van der Waals surface area contributed by atoms with Crippen LogP contribution in [-0.4, -0.2) is 30.7 Å². The molecule has 0 fully saturated rings. The number of nitrogens with one attached hydrogen (secondary N) is 1. The van der Waals surface area contributed by atoms with Crippen molar-refractivity contribution in [3.63, 3.8) is 0 Å². The number of rotatable bonds is 6. The number of halogens is 1. The predicted molar refractivity (Wildman–Crippen MR) is 79.3 cm³/mol. The van der Waals surface area contributed by atoms with Gasteiger partial charge >= 0.3 is 0 Å². The molecule has 0 spiro atoms. The first-order chi connectivity index (χ1) is 10.2. The molecule has 0 atom stereocenters. The summed E-state index contributed by atoms with van der Waals surface area (Å²) in [7, 11) is 2.94. The maximum absolute atomic E-state index is 14.4. The summed E-state index contributed by atoms with van der Waals surface area (Å²) >= 11 is 0. The smallest absolute Gasteiger partial charge is 0.187 e. The zero-order chi connectivity index (χ0) is 15.2. The molecule has 6 heteroatoms. The van der Waals surface area contributed by atoms with Crippen LogP contribution < -0.4 is 14.8 Å². The third kappa shape index (κ3) is 3.04. The van der Waals surface area contributed by atoms with E-state index in [-0.39, 0.29) is 5.75 Å². The van der Waals surface area contributed by atoms with Crippen molar-refractivity contribution in [2.75, 3.05) is 26.1 Å². The van der Waals surface area contributed by atoms with Gasteiger partial charge in [-0.25, -0.2) is 14.4 Å². The van der Waals surface area contributed by atoms with Gasteiger partial charge in [-0.15, -0.1) is 0 Å². The van der Waals surface area contributed by atoms with E-state index in [9.17, 15) is 4.39 Å². The molecule has 21 heavy (non-hydrogen) atoms. The summed E-state index contributed by atoms with van der Waals surface area (Å²) in [6, 6.07) is 4.90. The molecule has 5 nitrogen and oxygen atoms in total. The second-order valence-corrected chi connectivity index (χ2v) is 4.35. The average molecular weight is 291 g/mol. The first kappa shape index (κ1) is 15.0. The summed E-state index contributed by atoms with van der Waals surface area (Å²) in [6.45, 7) is 2.79. The minimum Gasteiger partial charge on any atom is -0.494 e. The average Bonchev–Trinajstić information content (AvgIpc) is 2.52. The molecule has 1 aromatic heterocycles. The van der Waals surface area contributed by atoms with E-state index < -0.39 is 5.82 Å². The van der Waals surface area contributed by atoms with Gasteiger partial charge in [-0.1, -0.05) is 13.0 Å². The number of hydrogen-bond donors (Lipinski definition) is 1. The van der Waals surface area contributed by atoms with Crippen LogP contribution in [0, 0.1) is 5.82 Å². The number of hydrogen-bond acceptors (Lipinski definition) is 5. The molecule has 0 aliphatic heterocycles. The normalized spacial score (nSPS) is 10.3. The van der Waals surface area contributed by atoms with Crippen LogP contribution in [-0.2, 0) is 0 Å². The van der Waals surface area contributed by atoms with Gasteiger partial charge in [0.05, 0.1) is 14.2 Å². The lowest BCUT2D eigenvalue weighted by atomic mass is 10.1. The molecule has 1 N–H and O–H groups in total. The van der Waals surface area contributed by atoms with Crippen molar-refractivity contribution in [2.45, 2.75) is 13.3 Å². The van der Waals surface area contributed by atoms with E-state index in [4.69, 9.17) is 9.47 Å². The van der Waals surface area contributed by atoms with Gasteiger partial charge in [-0.05, 0) is 18.6 Å². The van der Waals surface area contributed by atoms with Gasteiger partial charge < -0.3 is 14.8 Å². The van der Waals surface area contributed by atoms with Crippen LogP contribution in [0.3, 0.4) is 0 Å². The minimum atomic E-state index is -0.474. The number of nitrogens with zero attached hydrogens (tertiary/aromatic N) is 2. The molecule has 2 rings (SSSR count). The summed E-state index contributed by atoms with van der Waals surface area (Å²) in [5.41, 5.74) is 0.704. The number of aromatic nitrogens is 2. The maximum atomic E-state index is 14.4. The molecular formula is C15H18FN3O2.